The van der Waals surface area contributed by atoms with Crippen LogP contribution in [0.25, 0.3) is 11.1 Å². The molecule has 0 aromatic heterocycles. The normalized spacial score (nSPS) is 19.8. The van der Waals surface area contributed by atoms with Crippen molar-refractivity contribution in [2.24, 2.45) is 5.92 Å². The van der Waals surface area contributed by atoms with E-state index in [9.17, 15) is 22.0 Å². The van der Waals surface area contributed by atoms with Gasteiger partial charge >= 0.3 is 4.83 Å². The third kappa shape index (κ3) is 5.61. The minimum Gasteiger partial charge on any atom is -0.379 e. The Morgan fingerprint density at radius 3 is 2.13 bits per heavy atom. The first-order valence-corrected chi connectivity index (χ1v) is 10.9. The number of hydrogen-bond donors (Lipinski definition) is 0. The summed E-state index contributed by atoms with van der Waals surface area (Å²) in [5.74, 6) is -2.92. The van der Waals surface area contributed by atoms with Gasteiger partial charge in [0.15, 0.2) is 0 Å². The topological polar surface area (TPSA) is 9.23 Å². The highest BCUT2D eigenvalue weighted by molar-refractivity contribution is 9.09. The molecule has 2 aromatic carbocycles. The average molecular weight is 491 g/mol. The van der Waals surface area contributed by atoms with Gasteiger partial charge in [0.1, 0.15) is 23.0 Å². The number of hydrogen-bond acceptors (Lipinski definition) is 1. The zero-order valence-corrected chi connectivity index (χ0v) is 18.3. The van der Waals surface area contributed by atoms with Gasteiger partial charge < -0.3 is 4.74 Å². The van der Waals surface area contributed by atoms with Gasteiger partial charge in [0.05, 0.1) is 6.10 Å². The van der Waals surface area contributed by atoms with Crippen molar-refractivity contribution < 1.29 is 26.7 Å². The molecule has 1 fully saturated rings. The molecular formula is C23H24BrF5O. The number of halogens is 6. The van der Waals surface area contributed by atoms with E-state index < -0.39 is 27.8 Å². The van der Waals surface area contributed by atoms with E-state index >= 15 is 0 Å². The molecule has 0 unspecified atom stereocenters. The molecule has 3 rings (SSSR count). The first-order chi connectivity index (χ1) is 14.2. The predicted molar refractivity (Wildman–Crippen MR) is 110 cm³/mol. The van der Waals surface area contributed by atoms with Gasteiger partial charge in [-0.3, -0.25) is 0 Å². The van der Waals surface area contributed by atoms with Crippen LogP contribution in [-0.4, -0.2) is 12.7 Å². The van der Waals surface area contributed by atoms with Crippen molar-refractivity contribution in [3.8, 4) is 11.1 Å². The molecule has 30 heavy (non-hydrogen) atoms. The standard InChI is InChI=1S/C23H24BrF5O/c1-2-30-17-8-5-14(6-9-17)3-4-15-7-10-18(19(25)11-15)16-12-20(26)22(21(27)13-16)23(24,28)29/h7,10-14,17H,2-6,8-9H2,1H3. The molecule has 0 radical (unpaired) electrons. The van der Waals surface area contributed by atoms with Crippen molar-refractivity contribution in [1.82, 2.24) is 0 Å². The molecule has 0 aliphatic heterocycles. The van der Waals surface area contributed by atoms with Crippen molar-refractivity contribution in [2.45, 2.75) is 56.4 Å². The maximum Gasteiger partial charge on any atom is 0.332 e. The van der Waals surface area contributed by atoms with E-state index in [4.69, 9.17) is 4.74 Å². The van der Waals surface area contributed by atoms with Crippen LogP contribution in [0, 0.1) is 23.4 Å². The molecule has 0 saturated heterocycles. The lowest BCUT2D eigenvalue weighted by atomic mass is 9.83. The van der Waals surface area contributed by atoms with Crippen LogP contribution in [0.3, 0.4) is 0 Å². The summed E-state index contributed by atoms with van der Waals surface area (Å²) < 4.78 is 74.9. The highest BCUT2D eigenvalue weighted by Crippen LogP contribution is 2.40. The summed E-state index contributed by atoms with van der Waals surface area (Å²) in [5.41, 5.74) is -0.739. The molecule has 0 bridgehead atoms. The molecule has 0 atom stereocenters. The summed E-state index contributed by atoms with van der Waals surface area (Å²) in [6.45, 7) is 2.73. The lowest BCUT2D eigenvalue weighted by Crippen LogP contribution is -2.21. The quantitative estimate of drug-likeness (QED) is 0.284. The molecule has 164 valence electrons. The van der Waals surface area contributed by atoms with Crippen LogP contribution in [0.1, 0.15) is 50.2 Å². The fourth-order valence-corrected chi connectivity index (χ4v) is 4.52. The van der Waals surface area contributed by atoms with Gasteiger partial charge in [-0.15, -0.1) is 0 Å². The highest BCUT2D eigenvalue weighted by Gasteiger charge is 2.35. The third-order valence-electron chi connectivity index (χ3n) is 5.71. The van der Waals surface area contributed by atoms with Crippen LogP contribution >= 0.6 is 15.9 Å². The molecule has 0 spiro atoms. The van der Waals surface area contributed by atoms with Crippen molar-refractivity contribution >= 4 is 15.9 Å². The Kier molecular flexibility index (Phi) is 7.56. The fraction of sp³-hybridized carbons (Fsp3) is 0.478. The van der Waals surface area contributed by atoms with Gasteiger partial charge in [0.2, 0.25) is 0 Å². The number of aryl methyl sites for hydroxylation is 1. The van der Waals surface area contributed by atoms with Gasteiger partial charge in [0, 0.05) is 12.2 Å². The summed E-state index contributed by atoms with van der Waals surface area (Å²) in [5, 5.41) is 0. The van der Waals surface area contributed by atoms with Crippen molar-refractivity contribution in [3.63, 3.8) is 0 Å². The number of ether oxygens (including phenoxy) is 1. The second kappa shape index (κ2) is 9.77. The molecule has 0 N–H and O–H groups in total. The minimum absolute atomic E-state index is 0.0294. The second-order valence-corrected chi connectivity index (χ2v) is 8.76. The zero-order valence-electron chi connectivity index (χ0n) is 16.7. The van der Waals surface area contributed by atoms with E-state index in [0.29, 0.717) is 18.4 Å². The van der Waals surface area contributed by atoms with Crippen molar-refractivity contribution in [1.29, 1.82) is 0 Å². The Morgan fingerprint density at radius 2 is 1.60 bits per heavy atom. The summed E-state index contributed by atoms with van der Waals surface area (Å²) in [7, 11) is 0. The van der Waals surface area contributed by atoms with E-state index in [0.717, 1.165) is 56.4 Å². The van der Waals surface area contributed by atoms with Crippen LogP contribution in [0.4, 0.5) is 22.0 Å². The first kappa shape index (κ1) is 23.2. The number of alkyl halides is 3. The first-order valence-electron chi connectivity index (χ1n) is 10.2. The van der Waals surface area contributed by atoms with Crippen LogP contribution in [0.5, 0.6) is 0 Å². The fourth-order valence-electron chi connectivity index (χ4n) is 4.14. The van der Waals surface area contributed by atoms with Gasteiger partial charge in [-0.05, 0) is 96.6 Å². The van der Waals surface area contributed by atoms with Gasteiger partial charge in [-0.1, -0.05) is 12.1 Å². The predicted octanol–water partition coefficient (Wildman–Crippen LogP) is 7.74. The second-order valence-electron chi connectivity index (χ2n) is 7.76. The Labute approximate surface area is 181 Å². The average Bonchev–Trinajstić information content (AvgIpc) is 2.66. The van der Waals surface area contributed by atoms with Gasteiger partial charge in [-0.2, -0.15) is 8.78 Å². The summed E-state index contributed by atoms with van der Waals surface area (Å²) in [6, 6.07) is 5.96. The third-order valence-corrected chi connectivity index (χ3v) is 6.10. The lowest BCUT2D eigenvalue weighted by molar-refractivity contribution is 0.0248. The summed E-state index contributed by atoms with van der Waals surface area (Å²) in [4.78, 5) is -3.84. The van der Waals surface area contributed by atoms with Crippen LogP contribution in [0.15, 0.2) is 30.3 Å². The highest BCUT2D eigenvalue weighted by atomic mass is 79.9. The van der Waals surface area contributed by atoms with Crippen LogP contribution < -0.4 is 0 Å². The summed E-state index contributed by atoms with van der Waals surface area (Å²) in [6.07, 6.45) is 6.27. The van der Waals surface area contributed by atoms with E-state index in [1.54, 1.807) is 6.07 Å². The van der Waals surface area contributed by atoms with E-state index in [1.165, 1.54) is 12.1 Å². The molecule has 1 aliphatic carbocycles. The molecular weight excluding hydrogens is 467 g/mol. The molecule has 2 aromatic rings. The Hall–Kier alpha value is -1.47. The largest absolute Gasteiger partial charge is 0.379 e. The minimum atomic E-state index is -3.84. The van der Waals surface area contributed by atoms with Crippen LogP contribution in [0.2, 0.25) is 0 Å². The number of benzene rings is 2. The smallest absolute Gasteiger partial charge is 0.332 e. The molecule has 7 heteroatoms. The van der Waals surface area contributed by atoms with Crippen molar-refractivity contribution in [3.05, 3.63) is 58.9 Å². The van der Waals surface area contributed by atoms with E-state index in [2.05, 4.69) is 0 Å². The zero-order chi connectivity index (χ0) is 21.9. The molecule has 1 nitrogen and oxygen atoms in total. The maximum absolute atomic E-state index is 14.6. The van der Waals surface area contributed by atoms with E-state index in [1.807, 2.05) is 22.9 Å². The van der Waals surface area contributed by atoms with Gasteiger partial charge in [0.25, 0.3) is 0 Å². The van der Waals surface area contributed by atoms with E-state index in [-0.39, 0.29) is 11.1 Å². The Morgan fingerprint density at radius 1 is 0.967 bits per heavy atom. The SMILES string of the molecule is CCOC1CCC(CCc2ccc(-c3cc(F)c(C(F)(F)Br)c(F)c3)c(F)c2)CC1. The molecule has 1 aliphatic rings. The molecule has 0 heterocycles. The maximum atomic E-state index is 14.6. The Bertz CT molecular complexity index is 849. The monoisotopic (exact) mass is 490 g/mol. The summed E-state index contributed by atoms with van der Waals surface area (Å²) >= 11 is 1.96. The van der Waals surface area contributed by atoms with Crippen LogP contribution in [-0.2, 0) is 16.0 Å². The van der Waals surface area contributed by atoms with Crippen molar-refractivity contribution in [2.75, 3.05) is 6.61 Å². The molecule has 1 saturated carbocycles. The molecule has 0 amide bonds. The van der Waals surface area contributed by atoms with Gasteiger partial charge in [-0.25, -0.2) is 13.2 Å². The Balaban J connectivity index is 1.67. The lowest BCUT2D eigenvalue weighted by Gasteiger charge is -2.28. The number of rotatable bonds is 7.